The molecule has 0 bridgehead atoms. The van der Waals surface area contributed by atoms with E-state index in [1.54, 1.807) is 12.4 Å². The molecule has 80 valence electrons. The molecule has 0 spiro atoms. The van der Waals surface area contributed by atoms with Crippen LogP contribution in [-0.4, -0.2) is 16.4 Å². The number of nitriles is 2. The molecule has 1 aromatic heterocycles. The first-order valence-electron chi connectivity index (χ1n) is 4.08. The predicted molar refractivity (Wildman–Crippen MR) is 61.2 cm³/mol. The van der Waals surface area contributed by atoms with E-state index in [-0.39, 0.29) is 0 Å². The van der Waals surface area contributed by atoms with Gasteiger partial charge >= 0.3 is 0 Å². The first-order valence-corrected chi connectivity index (χ1v) is 4.08. The van der Waals surface area contributed by atoms with Crippen LogP contribution < -0.4 is 5.84 Å². The number of H-pyrrole nitrogens is 1. The second-order valence-electron chi connectivity index (χ2n) is 2.49. The summed E-state index contributed by atoms with van der Waals surface area (Å²) in [5.41, 5.74) is 2.00. The third-order valence-electron chi connectivity index (χ3n) is 1.69. The monoisotopic (exact) mass is 214 g/mol. The van der Waals surface area contributed by atoms with Crippen LogP contribution in [0.3, 0.4) is 0 Å². The van der Waals surface area contributed by atoms with Crippen LogP contribution in [0.5, 0.6) is 0 Å². The number of hydrazone groups is 1. The maximum Gasteiger partial charge on any atom is 0.0650 e. The number of aromatic amines is 1. The Balaban J connectivity index is 0.000000509. The lowest BCUT2D eigenvalue weighted by atomic mass is 10.2. The molecule has 1 heterocycles. The molecule has 0 saturated carbocycles. The van der Waals surface area contributed by atoms with Gasteiger partial charge in [0.1, 0.15) is 0 Å². The zero-order valence-electron chi connectivity index (χ0n) is 8.41. The van der Waals surface area contributed by atoms with Crippen molar-refractivity contribution in [2.45, 2.75) is 0 Å². The van der Waals surface area contributed by atoms with Crippen LogP contribution >= 0.6 is 0 Å². The van der Waals surface area contributed by atoms with Gasteiger partial charge in [0.25, 0.3) is 0 Å². The number of aromatic nitrogens is 2. The van der Waals surface area contributed by atoms with E-state index >= 15 is 0 Å². The van der Waals surface area contributed by atoms with Gasteiger partial charge in [-0.2, -0.15) is 10.2 Å². The van der Waals surface area contributed by atoms with Gasteiger partial charge < -0.3 is 5.84 Å². The van der Waals surface area contributed by atoms with E-state index in [1.165, 1.54) is 0 Å². The summed E-state index contributed by atoms with van der Waals surface area (Å²) in [5, 5.41) is 24.3. The first kappa shape index (κ1) is 13.1. The Morgan fingerprint density at radius 2 is 2.00 bits per heavy atom. The molecule has 3 N–H and O–H groups in total. The van der Waals surface area contributed by atoms with Crippen LogP contribution in [0.15, 0.2) is 29.5 Å². The lowest BCUT2D eigenvalue weighted by Crippen LogP contribution is -1.85. The van der Waals surface area contributed by atoms with Gasteiger partial charge in [-0.15, -0.1) is 0 Å². The zero-order valence-corrected chi connectivity index (χ0v) is 8.41. The van der Waals surface area contributed by atoms with E-state index in [0.29, 0.717) is 0 Å². The molecular formula is C10H10N6. The second kappa shape index (κ2) is 7.54. The van der Waals surface area contributed by atoms with Gasteiger partial charge in [0.2, 0.25) is 0 Å². The molecule has 2 rings (SSSR count). The minimum atomic E-state index is 0.978. The molecule has 0 atom stereocenters. The van der Waals surface area contributed by atoms with E-state index < -0.39 is 0 Å². The maximum atomic E-state index is 6.50. The fourth-order valence-corrected chi connectivity index (χ4v) is 1.13. The largest absolute Gasteiger partial charge is 0.323 e. The third kappa shape index (κ3) is 3.13. The third-order valence-corrected chi connectivity index (χ3v) is 1.69. The van der Waals surface area contributed by atoms with Crippen molar-refractivity contribution in [3.8, 4) is 13.1 Å². The number of benzene rings is 1. The van der Waals surface area contributed by atoms with Crippen molar-refractivity contribution < 1.29 is 0 Å². The molecule has 0 radical (unpaired) electrons. The molecule has 0 aliphatic heterocycles. The molecule has 0 amide bonds. The van der Waals surface area contributed by atoms with Crippen molar-refractivity contribution in [1.82, 2.24) is 10.2 Å². The van der Waals surface area contributed by atoms with E-state index in [1.807, 2.05) is 18.2 Å². The summed E-state index contributed by atoms with van der Waals surface area (Å²) in [6, 6.07) is 5.84. The lowest BCUT2D eigenvalue weighted by Gasteiger charge is -1.90. The lowest BCUT2D eigenvalue weighted by molar-refractivity contribution is 1.12. The second-order valence-corrected chi connectivity index (χ2v) is 2.49. The highest BCUT2D eigenvalue weighted by Gasteiger charge is 1.94. The summed E-state index contributed by atoms with van der Waals surface area (Å²) >= 11 is 0. The number of nitrogens with two attached hydrogens (primary N) is 1. The highest BCUT2D eigenvalue weighted by atomic mass is 15.1. The number of nitrogens with zero attached hydrogens (tertiary/aromatic N) is 4. The van der Waals surface area contributed by atoms with Crippen molar-refractivity contribution in [2.24, 2.45) is 10.9 Å². The molecule has 0 unspecified atom stereocenters. The Labute approximate surface area is 92.6 Å². The molecule has 6 heteroatoms. The normalized spacial score (nSPS) is 8.75. The van der Waals surface area contributed by atoms with Crippen LogP contribution in [0, 0.1) is 23.7 Å². The number of rotatable bonds is 1. The van der Waals surface area contributed by atoms with Crippen molar-refractivity contribution in [3.63, 3.8) is 0 Å². The highest BCUT2D eigenvalue weighted by Crippen LogP contribution is 2.10. The molecule has 6 nitrogen and oxygen atoms in total. The van der Waals surface area contributed by atoms with E-state index in [4.69, 9.17) is 16.4 Å². The standard InChI is InChI=1S/C8H8N4.2CHN/c9-10-4-6-1-2-8-7(3-6)5-11-12-8;2*1-2/h1-5H,9H2,(H,11,12);2*1H. The molecule has 16 heavy (non-hydrogen) atoms. The van der Waals surface area contributed by atoms with Crippen molar-refractivity contribution in [1.29, 1.82) is 10.5 Å². The van der Waals surface area contributed by atoms with Gasteiger partial charge in [-0.05, 0) is 17.7 Å². The van der Waals surface area contributed by atoms with Crippen LogP contribution in [0.4, 0.5) is 0 Å². The minimum absolute atomic E-state index is 0.978. The van der Waals surface area contributed by atoms with Crippen LogP contribution in [0.25, 0.3) is 10.9 Å². The molecule has 2 aromatic rings. The molecule has 1 aromatic carbocycles. The average molecular weight is 214 g/mol. The number of hydrogen-bond acceptors (Lipinski definition) is 5. The predicted octanol–water partition coefficient (Wildman–Crippen LogP) is 1.14. The van der Waals surface area contributed by atoms with Crippen LogP contribution in [-0.2, 0) is 0 Å². The van der Waals surface area contributed by atoms with Gasteiger partial charge in [0.05, 0.1) is 17.9 Å². The molecule has 0 fully saturated rings. The molecule has 0 saturated heterocycles. The van der Waals surface area contributed by atoms with E-state index in [9.17, 15) is 0 Å². The Hall–Kier alpha value is -2.86. The Morgan fingerprint density at radius 1 is 1.31 bits per heavy atom. The molecule has 0 aliphatic rings. The summed E-state index contributed by atoms with van der Waals surface area (Å²) in [6.45, 7) is 7.00. The van der Waals surface area contributed by atoms with Gasteiger partial charge in [-0.1, -0.05) is 6.07 Å². The highest BCUT2D eigenvalue weighted by molar-refractivity contribution is 5.88. The summed E-state index contributed by atoms with van der Waals surface area (Å²) in [6.07, 6.45) is 3.37. The van der Waals surface area contributed by atoms with Crippen molar-refractivity contribution in [2.75, 3.05) is 0 Å². The van der Waals surface area contributed by atoms with Crippen molar-refractivity contribution >= 4 is 17.1 Å². The summed E-state index contributed by atoms with van der Waals surface area (Å²) in [7, 11) is 0. The number of nitrogens with one attached hydrogen (secondary N) is 1. The van der Waals surface area contributed by atoms with Gasteiger partial charge in [-0.3, -0.25) is 5.10 Å². The summed E-state index contributed by atoms with van der Waals surface area (Å²) in [5.74, 6) is 5.03. The van der Waals surface area contributed by atoms with Crippen LogP contribution in [0.1, 0.15) is 5.56 Å². The Kier molecular flexibility index (Phi) is 6.19. The van der Waals surface area contributed by atoms with Crippen molar-refractivity contribution in [3.05, 3.63) is 30.0 Å². The van der Waals surface area contributed by atoms with E-state index in [2.05, 4.69) is 28.4 Å². The SMILES string of the molecule is C#N.C#N.NN=Cc1ccc2[nH]ncc2c1. The smallest absolute Gasteiger partial charge is 0.0650 e. The average Bonchev–Trinajstić information content (AvgIpc) is 2.82. The Bertz CT molecular complexity index is 487. The molecule has 0 aliphatic carbocycles. The van der Waals surface area contributed by atoms with Crippen LogP contribution in [0.2, 0.25) is 0 Å². The summed E-state index contributed by atoms with van der Waals surface area (Å²) < 4.78 is 0. The number of hydrogen-bond donors (Lipinski definition) is 2. The van der Waals surface area contributed by atoms with E-state index in [0.717, 1.165) is 16.5 Å². The van der Waals surface area contributed by atoms with Gasteiger partial charge in [0.15, 0.2) is 0 Å². The fraction of sp³-hybridized carbons (Fsp3) is 0. The Morgan fingerprint density at radius 3 is 2.62 bits per heavy atom. The number of fused-ring (bicyclic) bond motifs is 1. The van der Waals surface area contributed by atoms with Gasteiger partial charge in [0, 0.05) is 18.5 Å². The minimum Gasteiger partial charge on any atom is -0.323 e. The quantitative estimate of drug-likeness (QED) is 0.420. The topological polar surface area (TPSA) is 115 Å². The summed E-state index contributed by atoms with van der Waals surface area (Å²) in [4.78, 5) is 0. The molecular weight excluding hydrogens is 204 g/mol. The zero-order chi connectivity index (χ0) is 12.4. The van der Waals surface area contributed by atoms with Gasteiger partial charge in [-0.25, -0.2) is 10.5 Å². The first-order chi connectivity index (χ1) is 7.90. The maximum absolute atomic E-state index is 6.50. The fourth-order valence-electron chi connectivity index (χ4n) is 1.13.